The molecule has 1 rings (SSSR count). The van der Waals surface area contributed by atoms with Crippen LogP contribution >= 0.6 is 15.9 Å². The molecule has 1 amide bonds. The minimum absolute atomic E-state index is 0.0380. The number of benzene rings is 1. The summed E-state index contributed by atoms with van der Waals surface area (Å²) in [5.74, 6) is -0.199. The Bertz CT molecular complexity index is 503. The van der Waals surface area contributed by atoms with E-state index >= 15 is 0 Å². The van der Waals surface area contributed by atoms with E-state index in [4.69, 9.17) is 0 Å². The molecule has 1 aromatic carbocycles. The van der Waals surface area contributed by atoms with Gasteiger partial charge in [0.25, 0.3) is 5.69 Å². The van der Waals surface area contributed by atoms with Crippen LogP contribution in [0.2, 0.25) is 0 Å². The quantitative estimate of drug-likeness (QED) is 0.642. The Morgan fingerprint density at radius 2 is 2.11 bits per heavy atom. The van der Waals surface area contributed by atoms with Crippen molar-refractivity contribution >= 4 is 33.2 Å². The highest BCUT2D eigenvalue weighted by Gasteiger charge is 2.26. The van der Waals surface area contributed by atoms with Crippen molar-refractivity contribution in [3.63, 3.8) is 0 Å². The van der Waals surface area contributed by atoms with Gasteiger partial charge in [0.05, 0.1) is 14.9 Å². The number of carbonyl (C=O) groups is 1. The maximum atomic E-state index is 12.0. The Kier molecular flexibility index (Phi) is 5.02. The molecule has 19 heavy (non-hydrogen) atoms. The third kappa shape index (κ3) is 4.00. The Labute approximate surface area is 119 Å². The normalized spacial score (nSPS) is 11.2. The van der Waals surface area contributed by atoms with Crippen molar-refractivity contribution in [2.45, 2.75) is 26.3 Å². The van der Waals surface area contributed by atoms with Crippen LogP contribution in [-0.2, 0) is 4.79 Å². The van der Waals surface area contributed by atoms with Gasteiger partial charge in [0.15, 0.2) is 0 Å². The summed E-state index contributed by atoms with van der Waals surface area (Å²) >= 11 is 3.11. The molecule has 2 N–H and O–H groups in total. The van der Waals surface area contributed by atoms with Crippen molar-refractivity contribution in [3.8, 4) is 0 Å². The number of nitrogens with zero attached hydrogens (tertiary/aromatic N) is 1. The molecule has 0 spiro atoms. The van der Waals surface area contributed by atoms with E-state index in [-0.39, 0.29) is 11.6 Å². The van der Waals surface area contributed by atoms with E-state index in [1.54, 1.807) is 13.8 Å². The number of nitrogens with one attached hydrogen (secondary N) is 2. The first-order valence-corrected chi connectivity index (χ1v) is 6.57. The predicted molar refractivity (Wildman–Crippen MR) is 77.2 cm³/mol. The van der Waals surface area contributed by atoms with E-state index in [0.717, 1.165) is 0 Å². The van der Waals surface area contributed by atoms with Crippen molar-refractivity contribution in [2.24, 2.45) is 0 Å². The molecule has 0 aliphatic carbocycles. The molecule has 0 radical (unpaired) electrons. The zero-order valence-electron chi connectivity index (χ0n) is 11.0. The molecule has 0 aromatic heterocycles. The Balaban J connectivity index is 2.87. The molecule has 1 aromatic rings. The van der Waals surface area contributed by atoms with E-state index in [1.807, 2.05) is 6.92 Å². The lowest BCUT2D eigenvalue weighted by molar-refractivity contribution is -0.385. The maximum absolute atomic E-state index is 12.0. The molecule has 0 saturated carbocycles. The molecular weight excluding hydrogens is 314 g/mol. The van der Waals surface area contributed by atoms with E-state index in [9.17, 15) is 14.9 Å². The molecule has 0 unspecified atom stereocenters. The minimum Gasteiger partial charge on any atom is -0.324 e. The first-order valence-electron chi connectivity index (χ1n) is 5.78. The van der Waals surface area contributed by atoms with Crippen LogP contribution < -0.4 is 10.6 Å². The lowest BCUT2D eigenvalue weighted by Crippen LogP contribution is -2.49. The first kappa shape index (κ1) is 15.6. The standard InChI is InChI=1S/C12H16BrN3O3/c1-4-14-12(2,3)11(17)15-8-5-6-10(16(18)19)9(13)7-8/h5-7,14H,4H2,1-3H3,(H,15,17). The summed E-state index contributed by atoms with van der Waals surface area (Å²) in [5.41, 5.74) is -0.236. The highest BCUT2D eigenvalue weighted by Crippen LogP contribution is 2.27. The smallest absolute Gasteiger partial charge is 0.283 e. The van der Waals surface area contributed by atoms with Gasteiger partial charge in [0, 0.05) is 11.8 Å². The van der Waals surface area contributed by atoms with Crippen molar-refractivity contribution in [1.29, 1.82) is 0 Å². The minimum atomic E-state index is -0.705. The average Bonchev–Trinajstić information content (AvgIpc) is 2.28. The fourth-order valence-electron chi connectivity index (χ4n) is 1.54. The number of carbonyl (C=O) groups excluding carboxylic acids is 1. The molecule has 6 nitrogen and oxygen atoms in total. The van der Waals surface area contributed by atoms with E-state index in [0.29, 0.717) is 16.7 Å². The van der Waals surface area contributed by atoms with Gasteiger partial charge >= 0.3 is 0 Å². The number of rotatable bonds is 5. The van der Waals surface area contributed by atoms with Gasteiger partial charge in [-0.05, 0) is 48.5 Å². The number of anilines is 1. The summed E-state index contributed by atoms with van der Waals surface area (Å²) in [7, 11) is 0. The number of halogens is 1. The predicted octanol–water partition coefficient (Wildman–Crippen LogP) is 2.68. The summed E-state index contributed by atoms with van der Waals surface area (Å²) in [6.07, 6.45) is 0. The van der Waals surface area contributed by atoms with Crippen molar-refractivity contribution in [1.82, 2.24) is 5.32 Å². The van der Waals surface area contributed by atoms with Gasteiger partial charge in [-0.25, -0.2) is 0 Å². The maximum Gasteiger partial charge on any atom is 0.283 e. The number of amides is 1. The second-order valence-electron chi connectivity index (χ2n) is 4.53. The number of hydrogen-bond acceptors (Lipinski definition) is 4. The van der Waals surface area contributed by atoms with Crippen molar-refractivity contribution in [3.05, 3.63) is 32.8 Å². The zero-order chi connectivity index (χ0) is 14.6. The lowest BCUT2D eigenvalue weighted by Gasteiger charge is -2.24. The van der Waals surface area contributed by atoms with Crippen LogP contribution in [0.4, 0.5) is 11.4 Å². The van der Waals surface area contributed by atoms with Crippen LogP contribution in [0, 0.1) is 10.1 Å². The molecule has 0 aliphatic heterocycles. The molecule has 0 atom stereocenters. The summed E-state index contributed by atoms with van der Waals surface area (Å²) in [4.78, 5) is 22.2. The molecular formula is C12H16BrN3O3. The monoisotopic (exact) mass is 329 g/mol. The number of hydrogen-bond donors (Lipinski definition) is 2. The third-order valence-electron chi connectivity index (χ3n) is 2.59. The lowest BCUT2D eigenvalue weighted by atomic mass is 10.0. The average molecular weight is 330 g/mol. The van der Waals surface area contributed by atoms with E-state index in [1.165, 1.54) is 18.2 Å². The second kappa shape index (κ2) is 6.12. The van der Waals surface area contributed by atoms with Crippen molar-refractivity contribution < 1.29 is 9.72 Å². The van der Waals surface area contributed by atoms with Crippen LogP contribution in [0.15, 0.2) is 22.7 Å². The first-order chi connectivity index (χ1) is 8.77. The SMILES string of the molecule is CCNC(C)(C)C(=O)Nc1ccc([N+](=O)[O-])c(Br)c1. The molecule has 0 bridgehead atoms. The Morgan fingerprint density at radius 3 is 2.58 bits per heavy atom. The topological polar surface area (TPSA) is 84.3 Å². The molecule has 0 fully saturated rings. The molecule has 7 heteroatoms. The number of nitro benzene ring substituents is 1. The Hall–Kier alpha value is -1.47. The number of likely N-dealkylation sites (N-methyl/N-ethyl adjacent to an activating group) is 1. The largest absolute Gasteiger partial charge is 0.324 e. The summed E-state index contributed by atoms with van der Waals surface area (Å²) in [6, 6.07) is 4.36. The van der Waals surface area contributed by atoms with Crippen LogP contribution in [0.25, 0.3) is 0 Å². The zero-order valence-corrected chi connectivity index (χ0v) is 12.6. The molecule has 104 valence electrons. The number of nitro groups is 1. The van der Waals surface area contributed by atoms with Gasteiger partial charge < -0.3 is 10.6 Å². The van der Waals surface area contributed by atoms with Crippen LogP contribution in [0.5, 0.6) is 0 Å². The fourth-order valence-corrected chi connectivity index (χ4v) is 2.07. The molecule has 0 aliphatic rings. The molecule has 0 heterocycles. The van der Waals surface area contributed by atoms with Crippen LogP contribution in [0.1, 0.15) is 20.8 Å². The highest BCUT2D eigenvalue weighted by molar-refractivity contribution is 9.10. The summed E-state index contributed by atoms with van der Waals surface area (Å²) < 4.78 is 0.330. The van der Waals surface area contributed by atoms with E-state index in [2.05, 4.69) is 26.6 Å². The second-order valence-corrected chi connectivity index (χ2v) is 5.39. The van der Waals surface area contributed by atoms with Gasteiger partial charge in [-0.2, -0.15) is 0 Å². The van der Waals surface area contributed by atoms with Crippen LogP contribution in [-0.4, -0.2) is 22.9 Å². The van der Waals surface area contributed by atoms with Gasteiger partial charge in [-0.1, -0.05) is 6.92 Å². The van der Waals surface area contributed by atoms with Gasteiger partial charge in [-0.3, -0.25) is 14.9 Å². The summed E-state index contributed by atoms with van der Waals surface area (Å²) in [5, 5.41) is 16.5. The van der Waals surface area contributed by atoms with Gasteiger partial charge in [0.1, 0.15) is 0 Å². The van der Waals surface area contributed by atoms with Crippen LogP contribution in [0.3, 0.4) is 0 Å². The highest BCUT2D eigenvalue weighted by atomic mass is 79.9. The molecule has 0 saturated heterocycles. The van der Waals surface area contributed by atoms with E-state index < -0.39 is 10.5 Å². The van der Waals surface area contributed by atoms with Gasteiger partial charge in [-0.15, -0.1) is 0 Å². The Morgan fingerprint density at radius 1 is 1.47 bits per heavy atom. The third-order valence-corrected chi connectivity index (χ3v) is 3.22. The fraction of sp³-hybridized carbons (Fsp3) is 0.417. The van der Waals surface area contributed by atoms with Crippen molar-refractivity contribution in [2.75, 3.05) is 11.9 Å². The summed E-state index contributed by atoms with van der Waals surface area (Å²) in [6.45, 7) is 6.13. The van der Waals surface area contributed by atoms with Gasteiger partial charge in [0.2, 0.25) is 5.91 Å².